The second kappa shape index (κ2) is 5.03. The van der Waals surface area contributed by atoms with E-state index in [1.165, 1.54) is 18.2 Å². The van der Waals surface area contributed by atoms with Crippen molar-refractivity contribution < 1.29 is 9.50 Å². The minimum Gasteiger partial charge on any atom is -0.387 e. The molecular weight excluding hydrogens is 231 g/mol. The standard InChI is InChI=1S/C14H13FN2O/c1-10(18)14-3-2-6-17(14)9-12-7-13(15)5-4-11(12)8-16/h2-7,10,18H,9H2,1H3. The Morgan fingerprint density at radius 3 is 2.89 bits per heavy atom. The Kier molecular flexibility index (Phi) is 3.45. The summed E-state index contributed by atoms with van der Waals surface area (Å²) in [4.78, 5) is 0. The molecule has 2 rings (SSSR count). The third kappa shape index (κ3) is 2.41. The molecule has 1 aromatic carbocycles. The first-order chi connectivity index (χ1) is 8.61. The maximum Gasteiger partial charge on any atom is 0.123 e. The highest BCUT2D eigenvalue weighted by atomic mass is 19.1. The second-order valence-electron chi connectivity index (χ2n) is 4.15. The van der Waals surface area contributed by atoms with Gasteiger partial charge in [-0.15, -0.1) is 0 Å². The van der Waals surface area contributed by atoms with Gasteiger partial charge in [0, 0.05) is 18.4 Å². The molecule has 0 saturated heterocycles. The molecule has 1 aromatic heterocycles. The molecule has 0 aliphatic heterocycles. The van der Waals surface area contributed by atoms with Crippen LogP contribution in [0.1, 0.15) is 29.8 Å². The summed E-state index contributed by atoms with van der Waals surface area (Å²) in [6.07, 6.45) is 1.20. The van der Waals surface area contributed by atoms with Crippen molar-refractivity contribution in [3.63, 3.8) is 0 Å². The summed E-state index contributed by atoms with van der Waals surface area (Å²) in [6.45, 7) is 2.04. The largest absolute Gasteiger partial charge is 0.387 e. The highest BCUT2D eigenvalue weighted by molar-refractivity contribution is 5.38. The first kappa shape index (κ1) is 12.3. The molecule has 0 aliphatic rings. The van der Waals surface area contributed by atoms with E-state index in [0.717, 1.165) is 5.69 Å². The Balaban J connectivity index is 2.37. The van der Waals surface area contributed by atoms with Crippen LogP contribution >= 0.6 is 0 Å². The van der Waals surface area contributed by atoms with Gasteiger partial charge < -0.3 is 9.67 Å². The molecule has 0 bridgehead atoms. The van der Waals surface area contributed by atoms with Crippen LogP contribution in [-0.2, 0) is 6.54 Å². The van der Waals surface area contributed by atoms with E-state index in [1.54, 1.807) is 23.8 Å². The van der Waals surface area contributed by atoms with Gasteiger partial charge >= 0.3 is 0 Å². The van der Waals surface area contributed by atoms with Crippen molar-refractivity contribution in [3.8, 4) is 6.07 Å². The van der Waals surface area contributed by atoms with Crippen molar-refractivity contribution in [3.05, 3.63) is 59.2 Å². The van der Waals surface area contributed by atoms with Crippen molar-refractivity contribution in [2.75, 3.05) is 0 Å². The summed E-state index contributed by atoms with van der Waals surface area (Å²) in [7, 11) is 0. The smallest absolute Gasteiger partial charge is 0.123 e. The van der Waals surface area contributed by atoms with Gasteiger partial charge in [0.15, 0.2) is 0 Å². The number of benzene rings is 1. The lowest BCUT2D eigenvalue weighted by Gasteiger charge is -2.12. The van der Waals surface area contributed by atoms with E-state index in [4.69, 9.17) is 5.26 Å². The first-order valence-corrected chi connectivity index (χ1v) is 5.63. The topological polar surface area (TPSA) is 49.0 Å². The van der Waals surface area contributed by atoms with Crippen LogP contribution in [0.4, 0.5) is 4.39 Å². The zero-order valence-corrected chi connectivity index (χ0v) is 9.97. The fourth-order valence-corrected chi connectivity index (χ4v) is 1.94. The molecule has 92 valence electrons. The number of halogens is 1. The lowest BCUT2D eigenvalue weighted by Crippen LogP contribution is -2.07. The van der Waals surface area contributed by atoms with E-state index in [9.17, 15) is 9.50 Å². The maximum atomic E-state index is 13.2. The van der Waals surface area contributed by atoms with Crippen molar-refractivity contribution >= 4 is 0 Å². The number of aliphatic hydroxyl groups excluding tert-OH is 1. The van der Waals surface area contributed by atoms with Crippen molar-refractivity contribution in [1.29, 1.82) is 5.26 Å². The third-order valence-electron chi connectivity index (χ3n) is 2.82. The van der Waals surface area contributed by atoms with E-state index >= 15 is 0 Å². The molecule has 18 heavy (non-hydrogen) atoms. The first-order valence-electron chi connectivity index (χ1n) is 5.63. The number of aliphatic hydroxyl groups is 1. The average molecular weight is 244 g/mol. The number of nitrogens with zero attached hydrogens (tertiary/aromatic N) is 2. The molecule has 1 heterocycles. The molecule has 1 unspecified atom stereocenters. The highest BCUT2D eigenvalue weighted by Crippen LogP contribution is 2.17. The van der Waals surface area contributed by atoms with Gasteiger partial charge in [-0.05, 0) is 42.8 Å². The van der Waals surface area contributed by atoms with E-state index in [-0.39, 0.29) is 5.82 Å². The summed E-state index contributed by atoms with van der Waals surface area (Å²) < 4.78 is 15.0. The molecule has 4 heteroatoms. The Hall–Kier alpha value is -2.12. The van der Waals surface area contributed by atoms with Gasteiger partial charge in [-0.3, -0.25) is 0 Å². The number of nitriles is 1. The summed E-state index contributed by atoms with van der Waals surface area (Å²) in [6, 6.07) is 9.75. The molecule has 3 nitrogen and oxygen atoms in total. The molecule has 1 atom stereocenters. The summed E-state index contributed by atoms with van der Waals surface area (Å²) in [5.74, 6) is -0.366. The fraction of sp³-hybridized carbons (Fsp3) is 0.214. The van der Waals surface area contributed by atoms with E-state index in [0.29, 0.717) is 17.7 Å². The zero-order valence-electron chi connectivity index (χ0n) is 9.97. The van der Waals surface area contributed by atoms with Gasteiger partial charge in [-0.1, -0.05) is 0 Å². The molecule has 0 fully saturated rings. The normalized spacial score (nSPS) is 12.1. The lowest BCUT2D eigenvalue weighted by molar-refractivity contribution is 0.190. The van der Waals surface area contributed by atoms with Gasteiger partial charge in [0.25, 0.3) is 0 Å². The Morgan fingerprint density at radius 2 is 2.22 bits per heavy atom. The number of hydrogen-bond acceptors (Lipinski definition) is 2. The van der Waals surface area contributed by atoms with Gasteiger partial charge in [0.1, 0.15) is 5.82 Å². The predicted molar refractivity (Wildman–Crippen MR) is 65.3 cm³/mol. The van der Waals surface area contributed by atoms with E-state index in [2.05, 4.69) is 0 Å². The van der Waals surface area contributed by atoms with Crippen LogP contribution in [0.15, 0.2) is 36.5 Å². The van der Waals surface area contributed by atoms with Crippen LogP contribution < -0.4 is 0 Å². The minimum atomic E-state index is -0.598. The average Bonchev–Trinajstić information content (AvgIpc) is 2.77. The highest BCUT2D eigenvalue weighted by Gasteiger charge is 2.09. The lowest BCUT2D eigenvalue weighted by atomic mass is 10.1. The summed E-state index contributed by atoms with van der Waals surface area (Å²) in [5, 5.41) is 18.6. The maximum absolute atomic E-state index is 13.2. The second-order valence-corrected chi connectivity index (χ2v) is 4.15. The monoisotopic (exact) mass is 244 g/mol. The molecular formula is C14H13FN2O. The molecule has 1 N–H and O–H groups in total. The van der Waals surface area contributed by atoms with Crippen LogP contribution in [0.5, 0.6) is 0 Å². The SMILES string of the molecule is CC(O)c1cccn1Cc1cc(F)ccc1C#N. The number of hydrogen-bond donors (Lipinski definition) is 1. The molecule has 0 amide bonds. The van der Waals surface area contributed by atoms with Gasteiger partial charge in [-0.2, -0.15) is 5.26 Å². The van der Waals surface area contributed by atoms with Crippen molar-refractivity contribution in [2.45, 2.75) is 19.6 Å². The molecule has 0 radical (unpaired) electrons. The number of aromatic nitrogens is 1. The molecule has 0 saturated carbocycles. The Bertz CT molecular complexity index is 596. The van der Waals surface area contributed by atoms with Gasteiger partial charge in [0.2, 0.25) is 0 Å². The van der Waals surface area contributed by atoms with Crippen molar-refractivity contribution in [1.82, 2.24) is 4.57 Å². The van der Waals surface area contributed by atoms with Crippen LogP contribution in [-0.4, -0.2) is 9.67 Å². The van der Waals surface area contributed by atoms with E-state index in [1.807, 2.05) is 12.1 Å². The number of rotatable bonds is 3. The molecule has 2 aromatic rings. The van der Waals surface area contributed by atoms with Crippen molar-refractivity contribution in [2.24, 2.45) is 0 Å². The molecule has 0 spiro atoms. The van der Waals surface area contributed by atoms with Crippen LogP contribution in [0.2, 0.25) is 0 Å². The van der Waals surface area contributed by atoms with E-state index < -0.39 is 6.10 Å². The van der Waals surface area contributed by atoms with Crippen LogP contribution in [0.3, 0.4) is 0 Å². The van der Waals surface area contributed by atoms with Gasteiger partial charge in [-0.25, -0.2) is 4.39 Å². The zero-order chi connectivity index (χ0) is 13.1. The summed E-state index contributed by atoms with van der Waals surface area (Å²) >= 11 is 0. The predicted octanol–water partition coefficient (Wildman–Crippen LogP) is 2.60. The van der Waals surface area contributed by atoms with Gasteiger partial charge in [0.05, 0.1) is 17.7 Å². The molecule has 0 aliphatic carbocycles. The fourth-order valence-electron chi connectivity index (χ4n) is 1.94. The summed E-state index contributed by atoms with van der Waals surface area (Å²) in [5.41, 5.74) is 1.79. The Morgan fingerprint density at radius 1 is 1.44 bits per heavy atom. The van der Waals surface area contributed by atoms with Crippen LogP contribution in [0, 0.1) is 17.1 Å². The minimum absolute atomic E-state index is 0.366. The Labute approximate surface area is 105 Å². The third-order valence-corrected chi connectivity index (χ3v) is 2.82. The quantitative estimate of drug-likeness (QED) is 0.902. The van der Waals surface area contributed by atoms with Crippen LogP contribution in [0.25, 0.3) is 0 Å².